The summed E-state index contributed by atoms with van der Waals surface area (Å²) in [5, 5.41) is 4.81. The van der Waals surface area contributed by atoms with Gasteiger partial charge in [0.1, 0.15) is 0 Å². The van der Waals surface area contributed by atoms with E-state index in [4.69, 9.17) is 5.10 Å². The van der Waals surface area contributed by atoms with Crippen LogP contribution in [-0.2, 0) is 6.42 Å². The summed E-state index contributed by atoms with van der Waals surface area (Å²) in [4.78, 5) is 0. The van der Waals surface area contributed by atoms with Crippen LogP contribution in [-0.4, -0.2) is 9.78 Å². The molecule has 112 valence electrons. The van der Waals surface area contributed by atoms with Gasteiger partial charge in [0.05, 0.1) is 17.1 Å². The monoisotopic (exact) mass is 290 g/mol. The molecule has 0 N–H and O–H groups in total. The van der Waals surface area contributed by atoms with Crippen molar-refractivity contribution in [1.82, 2.24) is 9.78 Å². The van der Waals surface area contributed by atoms with Crippen LogP contribution in [0.5, 0.6) is 0 Å². The summed E-state index contributed by atoms with van der Waals surface area (Å²) in [7, 11) is 0. The molecule has 0 aliphatic carbocycles. The summed E-state index contributed by atoms with van der Waals surface area (Å²) >= 11 is 0. The van der Waals surface area contributed by atoms with Crippen molar-refractivity contribution in [1.29, 1.82) is 0 Å². The van der Waals surface area contributed by atoms with Crippen LogP contribution in [0.2, 0.25) is 0 Å². The Labute approximate surface area is 132 Å². The molecule has 1 heterocycles. The molecule has 0 saturated carbocycles. The molecule has 22 heavy (non-hydrogen) atoms. The van der Waals surface area contributed by atoms with Gasteiger partial charge < -0.3 is 0 Å². The molecule has 2 aromatic carbocycles. The standard InChI is InChI=1S/C20H22N2/c1-3-17-15-20(19(4-2)16-11-7-5-8-12-16)22(21-17)18-13-9-6-10-14-18/h5-15,19H,3-4H2,1-2H3. The SMILES string of the molecule is CCc1cc(C(CC)c2ccccc2)n(-c2ccccc2)n1. The van der Waals surface area contributed by atoms with Crippen LogP contribution in [0, 0.1) is 0 Å². The predicted molar refractivity (Wildman–Crippen MR) is 91.5 cm³/mol. The minimum atomic E-state index is 0.370. The summed E-state index contributed by atoms with van der Waals surface area (Å²) in [6, 6.07) is 23.4. The van der Waals surface area contributed by atoms with Gasteiger partial charge in [0.2, 0.25) is 0 Å². The van der Waals surface area contributed by atoms with Crippen LogP contribution in [0.4, 0.5) is 0 Å². The molecule has 0 fully saturated rings. The van der Waals surface area contributed by atoms with E-state index in [-0.39, 0.29) is 0 Å². The van der Waals surface area contributed by atoms with Crippen LogP contribution in [0.3, 0.4) is 0 Å². The van der Waals surface area contributed by atoms with E-state index in [1.165, 1.54) is 11.3 Å². The molecule has 0 spiro atoms. The maximum atomic E-state index is 4.81. The number of nitrogens with zero attached hydrogens (tertiary/aromatic N) is 2. The molecule has 2 nitrogen and oxygen atoms in total. The van der Waals surface area contributed by atoms with Crippen molar-refractivity contribution >= 4 is 0 Å². The number of para-hydroxylation sites is 1. The fourth-order valence-electron chi connectivity index (χ4n) is 2.94. The lowest BCUT2D eigenvalue weighted by Crippen LogP contribution is -2.08. The molecule has 3 aromatic rings. The van der Waals surface area contributed by atoms with E-state index in [2.05, 4.69) is 79.2 Å². The average Bonchev–Trinajstić information content (AvgIpc) is 3.01. The Bertz CT molecular complexity index is 714. The second-order valence-electron chi connectivity index (χ2n) is 5.53. The molecule has 1 unspecified atom stereocenters. The molecule has 0 saturated heterocycles. The second kappa shape index (κ2) is 6.61. The minimum Gasteiger partial charge on any atom is -0.237 e. The van der Waals surface area contributed by atoms with Gasteiger partial charge in [-0.05, 0) is 36.6 Å². The molecular formula is C20H22N2. The topological polar surface area (TPSA) is 17.8 Å². The van der Waals surface area contributed by atoms with Crippen LogP contribution in [0.1, 0.15) is 43.1 Å². The van der Waals surface area contributed by atoms with Gasteiger partial charge in [-0.3, -0.25) is 0 Å². The number of hydrogen-bond donors (Lipinski definition) is 0. The van der Waals surface area contributed by atoms with Gasteiger partial charge in [-0.1, -0.05) is 62.4 Å². The molecule has 1 atom stereocenters. The number of aryl methyl sites for hydroxylation is 1. The second-order valence-corrected chi connectivity index (χ2v) is 5.53. The quantitative estimate of drug-likeness (QED) is 0.648. The van der Waals surface area contributed by atoms with Gasteiger partial charge >= 0.3 is 0 Å². The van der Waals surface area contributed by atoms with Gasteiger partial charge in [-0.15, -0.1) is 0 Å². The number of benzene rings is 2. The molecule has 3 rings (SSSR count). The first-order chi connectivity index (χ1) is 10.8. The highest BCUT2D eigenvalue weighted by Crippen LogP contribution is 2.30. The minimum absolute atomic E-state index is 0.370. The van der Waals surface area contributed by atoms with E-state index in [1.54, 1.807) is 0 Å². The maximum Gasteiger partial charge on any atom is 0.0649 e. The first-order valence-corrected chi connectivity index (χ1v) is 8.02. The third-order valence-electron chi connectivity index (χ3n) is 4.12. The number of hydrogen-bond acceptors (Lipinski definition) is 1. The van der Waals surface area contributed by atoms with Gasteiger partial charge in [0, 0.05) is 5.92 Å². The van der Waals surface area contributed by atoms with Crippen molar-refractivity contribution in [3.63, 3.8) is 0 Å². The molecular weight excluding hydrogens is 268 g/mol. The summed E-state index contributed by atoms with van der Waals surface area (Å²) < 4.78 is 2.11. The predicted octanol–water partition coefficient (Wildman–Crippen LogP) is 4.98. The van der Waals surface area contributed by atoms with Crippen molar-refractivity contribution < 1.29 is 0 Å². The molecule has 0 aliphatic heterocycles. The molecule has 2 heteroatoms. The highest BCUT2D eigenvalue weighted by molar-refractivity contribution is 5.38. The molecule has 0 radical (unpaired) electrons. The van der Waals surface area contributed by atoms with E-state index in [9.17, 15) is 0 Å². The van der Waals surface area contributed by atoms with Crippen molar-refractivity contribution in [3.8, 4) is 5.69 Å². The van der Waals surface area contributed by atoms with Crippen LogP contribution in [0.25, 0.3) is 5.69 Å². The zero-order valence-electron chi connectivity index (χ0n) is 13.2. The first-order valence-electron chi connectivity index (χ1n) is 8.02. The maximum absolute atomic E-state index is 4.81. The summed E-state index contributed by atoms with van der Waals surface area (Å²) in [6.07, 6.45) is 2.02. The van der Waals surface area contributed by atoms with Gasteiger partial charge in [0.25, 0.3) is 0 Å². The third kappa shape index (κ3) is 2.82. The fraction of sp³-hybridized carbons (Fsp3) is 0.250. The van der Waals surface area contributed by atoms with Crippen molar-refractivity contribution in [2.24, 2.45) is 0 Å². The van der Waals surface area contributed by atoms with Crippen LogP contribution >= 0.6 is 0 Å². The normalized spacial score (nSPS) is 12.3. The van der Waals surface area contributed by atoms with Gasteiger partial charge in [-0.25, -0.2) is 4.68 Å². The Kier molecular flexibility index (Phi) is 4.38. The lowest BCUT2D eigenvalue weighted by Gasteiger charge is -2.17. The first kappa shape index (κ1) is 14.6. The van der Waals surface area contributed by atoms with Gasteiger partial charge in [-0.2, -0.15) is 5.10 Å². The number of rotatable bonds is 5. The lowest BCUT2D eigenvalue weighted by molar-refractivity contribution is 0.692. The van der Waals surface area contributed by atoms with Crippen molar-refractivity contribution in [3.05, 3.63) is 83.7 Å². The number of aromatic nitrogens is 2. The molecule has 1 aromatic heterocycles. The zero-order valence-corrected chi connectivity index (χ0v) is 13.2. The highest BCUT2D eigenvalue weighted by atomic mass is 15.3. The summed E-state index contributed by atoms with van der Waals surface area (Å²) in [5.74, 6) is 0.370. The Morgan fingerprint density at radius 2 is 1.55 bits per heavy atom. The third-order valence-corrected chi connectivity index (χ3v) is 4.12. The highest BCUT2D eigenvalue weighted by Gasteiger charge is 2.19. The van der Waals surface area contributed by atoms with E-state index >= 15 is 0 Å². The fourth-order valence-corrected chi connectivity index (χ4v) is 2.94. The Balaban J connectivity index is 2.11. The summed E-state index contributed by atoms with van der Waals surface area (Å²) in [5.41, 5.74) is 4.90. The van der Waals surface area contributed by atoms with Crippen LogP contribution < -0.4 is 0 Å². The van der Waals surface area contributed by atoms with E-state index < -0.39 is 0 Å². The van der Waals surface area contributed by atoms with E-state index in [1.807, 2.05) is 6.07 Å². The molecule has 0 aliphatic rings. The van der Waals surface area contributed by atoms with E-state index in [0.717, 1.165) is 24.2 Å². The lowest BCUT2D eigenvalue weighted by atomic mass is 9.92. The Hall–Kier alpha value is -2.35. The Morgan fingerprint density at radius 1 is 0.909 bits per heavy atom. The zero-order chi connectivity index (χ0) is 15.4. The molecule has 0 bridgehead atoms. The van der Waals surface area contributed by atoms with Gasteiger partial charge in [0.15, 0.2) is 0 Å². The average molecular weight is 290 g/mol. The van der Waals surface area contributed by atoms with Crippen molar-refractivity contribution in [2.75, 3.05) is 0 Å². The smallest absolute Gasteiger partial charge is 0.0649 e. The van der Waals surface area contributed by atoms with Crippen LogP contribution in [0.15, 0.2) is 66.7 Å². The Morgan fingerprint density at radius 3 is 2.14 bits per heavy atom. The largest absolute Gasteiger partial charge is 0.237 e. The molecule has 0 amide bonds. The van der Waals surface area contributed by atoms with Crippen molar-refractivity contribution in [2.45, 2.75) is 32.6 Å². The summed E-state index contributed by atoms with van der Waals surface area (Å²) in [6.45, 7) is 4.40. The van der Waals surface area contributed by atoms with E-state index in [0.29, 0.717) is 5.92 Å².